The summed E-state index contributed by atoms with van der Waals surface area (Å²) < 4.78 is 6.90. The molecule has 1 saturated carbocycles. The average molecular weight is 346 g/mol. The predicted octanol–water partition coefficient (Wildman–Crippen LogP) is 1.99. The topological polar surface area (TPSA) is 110 Å². The van der Waals surface area contributed by atoms with E-state index in [-0.39, 0.29) is 5.69 Å². The number of nitrogens with zero attached hydrogens (tertiary/aromatic N) is 3. The number of rotatable bonds is 5. The number of amides is 1. The Balaban J connectivity index is 1.69. The lowest BCUT2D eigenvalue weighted by Gasteiger charge is -2.39. The third-order valence-corrected chi connectivity index (χ3v) is 4.78. The molecule has 1 aliphatic rings. The largest absolute Gasteiger partial charge is 0.481 e. The van der Waals surface area contributed by atoms with Crippen molar-refractivity contribution in [3.63, 3.8) is 0 Å². The Hall–Kier alpha value is -2.64. The highest BCUT2D eigenvalue weighted by atomic mass is 16.5. The molecule has 134 valence electrons. The molecular formula is C17H22N4O4. The SMILES string of the molecule is Cc1cnn(Cc2cc(C(=O)NC3(C)CCCCC3C(=O)O)no2)c1. The van der Waals surface area contributed by atoms with E-state index in [1.165, 1.54) is 0 Å². The number of aliphatic carboxylic acids is 1. The van der Waals surface area contributed by atoms with Gasteiger partial charge in [0, 0.05) is 12.3 Å². The highest BCUT2D eigenvalue weighted by Crippen LogP contribution is 2.34. The van der Waals surface area contributed by atoms with Crippen molar-refractivity contribution in [2.24, 2.45) is 5.92 Å². The number of nitrogens with one attached hydrogen (secondary N) is 1. The van der Waals surface area contributed by atoms with E-state index < -0.39 is 23.3 Å². The summed E-state index contributed by atoms with van der Waals surface area (Å²) in [4.78, 5) is 24.0. The molecule has 25 heavy (non-hydrogen) atoms. The number of carboxylic acid groups (broad SMARTS) is 1. The van der Waals surface area contributed by atoms with Crippen LogP contribution in [0, 0.1) is 12.8 Å². The maximum Gasteiger partial charge on any atom is 0.308 e. The molecule has 0 aliphatic heterocycles. The minimum atomic E-state index is -0.877. The number of hydrogen-bond acceptors (Lipinski definition) is 5. The van der Waals surface area contributed by atoms with Gasteiger partial charge < -0.3 is 14.9 Å². The smallest absolute Gasteiger partial charge is 0.308 e. The molecule has 3 rings (SSSR count). The van der Waals surface area contributed by atoms with Gasteiger partial charge in [-0.2, -0.15) is 5.10 Å². The Morgan fingerprint density at radius 3 is 2.96 bits per heavy atom. The summed E-state index contributed by atoms with van der Waals surface area (Å²) in [6.45, 7) is 4.10. The number of hydrogen-bond donors (Lipinski definition) is 2. The first-order valence-corrected chi connectivity index (χ1v) is 8.37. The molecule has 0 spiro atoms. The molecule has 0 aromatic carbocycles. The summed E-state index contributed by atoms with van der Waals surface area (Å²) in [5.41, 5.74) is 0.400. The van der Waals surface area contributed by atoms with Crippen LogP contribution in [-0.2, 0) is 11.3 Å². The lowest BCUT2D eigenvalue weighted by atomic mass is 9.74. The van der Waals surface area contributed by atoms with Gasteiger partial charge in [-0.25, -0.2) is 0 Å². The van der Waals surface area contributed by atoms with Gasteiger partial charge in [0.1, 0.15) is 6.54 Å². The fourth-order valence-corrected chi connectivity index (χ4v) is 3.41. The first-order valence-electron chi connectivity index (χ1n) is 8.37. The van der Waals surface area contributed by atoms with E-state index in [4.69, 9.17) is 4.52 Å². The Kier molecular flexibility index (Phi) is 4.61. The maximum atomic E-state index is 12.5. The first-order chi connectivity index (χ1) is 11.9. The van der Waals surface area contributed by atoms with Crippen LogP contribution in [0.25, 0.3) is 0 Å². The Labute approximate surface area is 145 Å². The molecule has 0 radical (unpaired) electrons. The van der Waals surface area contributed by atoms with Crippen LogP contribution in [0.4, 0.5) is 0 Å². The van der Waals surface area contributed by atoms with Gasteiger partial charge in [0.05, 0.1) is 17.7 Å². The molecule has 2 atom stereocenters. The molecule has 1 fully saturated rings. The van der Waals surface area contributed by atoms with Gasteiger partial charge in [0.2, 0.25) is 0 Å². The molecule has 2 N–H and O–H groups in total. The zero-order valence-electron chi connectivity index (χ0n) is 14.4. The van der Waals surface area contributed by atoms with Gasteiger partial charge >= 0.3 is 5.97 Å². The normalized spacial score (nSPS) is 23.4. The van der Waals surface area contributed by atoms with Gasteiger partial charge in [-0.15, -0.1) is 0 Å². The quantitative estimate of drug-likeness (QED) is 0.856. The highest BCUT2D eigenvalue weighted by Gasteiger charge is 2.42. The van der Waals surface area contributed by atoms with Crippen molar-refractivity contribution >= 4 is 11.9 Å². The van der Waals surface area contributed by atoms with Crippen LogP contribution in [0.3, 0.4) is 0 Å². The lowest BCUT2D eigenvalue weighted by Crippen LogP contribution is -2.55. The van der Waals surface area contributed by atoms with E-state index in [1.54, 1.807) is 23.9 Å². The van der Waals surface area contributed by atoms with Crippen LogP contribution in [0.5, 0.6) is 0 Å². The van der Waals surface area contributed by atoms with Crippen molar-refractivity contribution in [2.45, 2.75) is 51.6 Å². The third kappa shape index (κ3) is 3.72. The molecule has 0 saturated heterocycles. The van der Waals surface area contributed by atoms with Gasteiger partial charge in [0.15, 0.2) is 11.5 Å². The van der Waals surface area contributed by atoms with Crippen molar-refractivity contribution in [3.8, 4) is 0 Å². The number of carbonyl (C=O) groups excluding carboxylic acids is 1. The van der Waals surface area contributed by atoms with Crippen LogP contribution in [-0.4, -0.2) is 37.5 Å². The molecular weight excluding hydrogens is 324 g/mol. The van der Waals surface area contributed by atoms with E-state index in [1.807, 2.05) is 13.1 Å². The minimum absolute atomic E-state index is 0.148. The van der Waals surface area contributed by atoms with Gasteiger partial charge in [-0.1, -0.05) is 18.0 Å². The molecule has 2 aromatic heterocycles. The molecule has 1 aliphatic carbocycles. The van der Waals surface area contributed by atoms with Crippen molar-refractivity contribution < 1.29 is 19.2 Å². The fourth-order valence-electron chi connectivity index (χ4n) is 3.41. The Morgan fingerprint density at radius 1 is 1.48 bits per heavy atom. The van der Waals surface area contributed by atoms with Crippen LogP contribution < -0.4 is 5.32 Å². The summed E-state index contributed by atoms with van der Waals surface area (Å²) in [7, 11) is 0. The average Bonchev–Trinajstić information content (AvgIpc) is 3.16. The molecule has 2 aromatic rings. The Bertz CT molecular complexity index is 781. The van der Waals surface area contributed by atoms with Crippen molar-refractivity contribution in [1.29, 1.82) is 0 Å². The van der Waals surface area contributed by atoms with E-state index in [0.717, 1.165) is 18.4 Å². The fraction of sp³-hybridized carbons (Fsp3) is 0.529. The number of aryl methyl sites for hydroxylation is 1. The second kappa shape index (κ2) is 6.70. The highest BCUT2D eigenvalue weighted by molar-refractivity contribution is 5.93. The van der Waals surface area contributed by atoms with Crippen molar-refractivity contribution in [2.75, 3.05) is 0 Å². The summed E-state index contributed by atoms with van der Waals surface area (Å²) in [5.74, 6) is -1.37. The van der Waals surface area contributed by atoms with Crippen molar-refractivity contribution in [3.05, 3.63) is 35.5 Å². The first kappa shape index (κ1) is 17.2. The monoisotopic (exact) mass is 346 g/mol. The van der Waals surface area contributed by atoms with Crippen LogP contribution in [0.1, 0.15) is 54.4 Å². The molecule has 2 unspecified atom stereocenters. The van der Waals surface area contributed by atoms with Crippen LogP contribution in [0.2, 0.25) is 0 Å². The molecule has 2 heterocycles. The van der Waals surface area contributed by atoms with Crippen LogP contribution in [0.15, 0.2) is 23.0 Å². The minimum Gasteiger partial charge on any atom is -0.481 e. The second-order valence-corrected chi connectivity index (χ2v) is 6.90. The molecule has 1 amide bonds. The van der Waals surface area contributed by atoms with E-state index in [0.29, 0.717) is 25.1 Å². The number of aromatic nitrogens is 3. The summed E-state index contributed by atoms with van der Waals surface area (Å²) >= 11 is 0. The van der Waals surface area contributed by atoms with Gasteiger partial charge in [-0.3, -0.25) is 14.3 Å². The van der Waals surface area contributed by atoms with Crippen molar-refractivity contribution in [1.82, 2.24) is 20.3 Å². The van der Waals surface area contributed by atoms with Gasteiger partial charge in [0.25, 0.3) is 5.91 Å². The second-order valence-electron chi connectivity index (χ2n) is 6.90. The maximum absolute atomic E-state index is 12.5. The standard InChI is InChI=1S/C17H22N4O4/c1-11-8-18-21(9-11)10-12-7-14(20-25-12)15(22)19-17(2)6-4-3-5-13(17)16(23)24/h7-9,13H,3-6,10H2,1-2H3,(H,19,22)(H,23,24). The third-order valence-electron chi connectivity index (χ3n) is 4.78. The zero-order chi connectivity index (χ0) is 18.0. The van der Waals surface area contributed by atoms with E-state index in [9.17, 15) is 14.7 Å². The zero-order valence-corrected chi connectivity index (χ0v) is 14.4. The van der Waals surface area contributed by atoms with E-state index in [2.05, 4.69) is 15.6 Å². The van der Waals surface area contributed by atoms with E-state index >= 15 is 0 Å². The summed E-state index contributed by atoms with van der Waals surface area (Å²) in [6.07, 6.45) is 6.55. The lowest BCUT2D eigenvalue weighted by molar-refractivity contribution is -0.145. The molecule has 8 heteroatoms. The van der Waals surface area contributed by atoms with Crippen LogP contribution >= 0.6 is 0 Å². The number of carbonyl (C=O) groups is 2. The molecule has 0 bridgehead atoms. The molecule has 8 nitrogen and oxygen atoms in total. The predicted molar refractivity (Wildman–Crippen MR) is 88.0 cm³/mol. The summed E-state index contributed by atoms with van der Waals surface area (Å²) in [5, 5.41) is 20.3. The van der Waals surface area contributed by atoms with Gasteiger partial charge in [-0.05, 0) is 32.3 Å². The number of carboxylic acids is 1. The Morgan fingerprint density at radius 2 is 2.28 bits per heavy atom. The summed E-state index contributed by atoms with van der Waals surface area (Å²) in [6, 6.07) is 1.56.